The summed E-state index contributed by atoms with van der Waals surface area (Å²) in [4.78, 5) is 0. The Morgan fingerprint density at radius 3 is 3.00 bits per heavy atom. The summed E-state index contributed by atoms with van der Waals surface area (Å²) in [5, 5.41) is 3.36. The molecule has 0 aliphatic carbocycles. The van der Waals surface area contributed by atoms with E-state index in [1.807, 2.05) is 12.1 Å². The minimum absolute atomic E-state index is 0.811. The Morgan fingerprint density at radius 2 is 2.21 bits per heavy atom. The molecule has 0 radical (unpaired) electrons. The molecule has 14 heavy (non-hydrogen) atoms. The Morgan fingerprint density at radius 1 is 1.36 bits per heavy atom. The smallest absolute Gasteiger partial charge is 0.122 e. The van der Waals surface area contributed by atoms with Crippen LogP contribution in [0.15, 0.2) is 18.2 Å². The van der Waals surface area contributed by atoms with Gasteiger partial charge in [0.2, 0.25) is 0 Å². The summed E-state index contributed by atoms with van der Waals surface area (Å²) >= 11 is 0. The molecule has 0 saturated heterocycles. The van der Waals surface area contributed by atoms with E-state index in [0.29, 0.717) is 0 Å². The summed E-state index contributed by atoms with van der Waals surface area (Å²) in [6.07, 6.45) is 1.37. The second-order valence-electron chi connectivity index (χ2n) is 3.92. The molecule has 1 aliphatic rings. The Kier molecular flexibility index (Phi) is 2.82. The first-order chi connectivity index (χ1) is 6.77. The van der Waals surface area contributed by atoms with Crippen LogP contribution in [0.25, 0.3) is 0 Å². The highest BCUT2D eigenvalue weighted by atomic mass is 19.1. The summed E-state index contributed by atoms with van der Waals surface area (Å²) < 4.78 is 13.1. The Balaban J connectivity index is 2.32. The van der Waals surface area contributed by atoms with Crippen LogP contribution in [-0.4, -0.2) is 6.54 Å². The van der Waals surface area contributed by atoms with E-state index in [0.717, 1.165) is 31.5 Å². The van der Waals surface area contributed by atoms with Crippen molar-refractivity contribution in [3.8, 4) is 0 Å². The lowest BCUT2D eigenvalue weighted by molar-refractivity contribution is 0.374. The number of rotatable bonds is 1. The quantitative estimate of drug-likeness (QED) is 0.723. The van der Waals surface area contributed by atoms with Crippen LogP contribution in [0, 0.1) is 0 Å². The molecule has 1 aromatic rings. The van der Waals surface area contributed by atoms with Crippen LogP contribution in [-0.2, 0) is 13.0 Å². The zero-order valence-electron chi connectivity index (χ0n) is 8.52. The Bertz CT molecular complexity index is 320. The molecular weight excluding hydrogens is 177 g/mol. The number of benzene rings is 1. The van der Waals surface area contributed by atoms with Crippen LogP contribution in [0.2, 0.25) is 0 Å². The molecule has 1 aliphatic heterocycles. The van der Waals surface area contributed by atoms with Crippen LogP contribution in [0.1, 0.15) is 36.2 Å². The van der Waals surface area contributed by atoms with Gasteiger partial charge in [-0.2, -0.15) is 0 Å². The fourth-order valence-electron chi connectivity index (χ4n) is 1.93. The number of fused-ring (bicyclic) bond motifs is 1. The molecule has 76 valence electrons. The van der Waals surface area contributed by atoms with Gasteiger partial charge >= 0.3 is 0 Å². The van der Waals surface area contributed by atoms with Crippen molar-refractivity contribution in [1.82, 2.24) is 5.32 Å². The summed E-state index contributed by atoms with van der Waals surface area (Å²) in [5.41, 5.74) is 3.45. The molecule has 2 heteroatoms. The molecule has 1 nitrogen and oxygen atoms in total. The molecule has 0 fully saturated rings. The fourth-order valence-corrected chi connectivity index (χ4v) is 1.93. The molecule has 1 unspecified atom stereocenters. The summed E-state index contributed by atoms with van der Waals surface area (Å²) in [6, 6.07) is 5.97. The van der Waals surface area contributed by atoms with E-state index < -0.39 is 6.17 Å². The van der Waals surface area contributed by atoms with Crippen molar-refractivity contribution in [2.45, 2.75) is 32.5 Å². The largest absolute Gasteiger partial charge is 0.313 e. The lowest BCUT2D eigenvalue weighted by Gasteiger charge is -2.09. The van der Waals surface area contributed by atoms with Crippen molar-refractivity contribution >= 4 is 0 Å². The van der Waals surface area contributed by atoms with Gasteiger partial charge in [0.05, 0.1) is 0 Å². The Labute approximate surface area is 84.3 Å². The highest BCUT2D eigenvalue weighted by Crippen LogP contribution is 2.22. The van der Waals surface area contributed by atoms with Gasteiger partial charge in [-0.25, -0.2) is 4.39 Å². The third-order valence-electron chi connectivity index (χ3n) is 2.80. The SMILES string of the molecule is CC(F)c1ccc2c(c1)CCCNC2. The molecule has 0 bridgehead atoms. The summed E-state index contributed by atoms with van der Waals surface area (Å²) in [5.74, 6) is 0. The second kappa shape index (κ2) is 4.09. The molecule has 2 rings (SSSR count). The molecule has 1 aromatic carbocycles. The van der Waals surface area contributed by atoms with Crippen molar-refractivity contribution < 1.29 is 4.39 Å². The highest BCUT2D eigenvalue weighted by Gasteiger charge is 2.10. The van der Waals surface area contributed by atoms with Gasteiger partial charge < -0.3 is 5.32 Å². The van der Waals surface area contributed by atoms with E-state index in [1.54, 1.807) is 6.92 Å². The van der Waals surface area contributed by atoms with Crippen LogP contribution < -0.4 is 5.32 Å². The number of halogens is 1. The first-order valence-electron chi connectivity index (χ1n) is 5.24. The van der Waals surface area contributed by atoms with E-state index in [4.69, 9.17) is 0 Å². The number of alkyl halides is 1. The topological polar surface area (TPSA) is 12.0 Å². The molecule has 0 spiro atoms. The zero-order chi connectivity index (χ0) is 9.97. The predicted molar refractivity (Wildman–Crippen MR) is 56.0 cm³/mol. The van der Waals surface area contributed by atoms with E-state index in [1.165, 1.54) is 11.1 Å². The van der Waals surface area contributed by atoms with Gasteiger partial charge in [0.25, 0.3) is 0 Å². The average molecular weight is 193 g/mol. The molecular formula is C12H16FN. The number of aryl methyl sites for hydroxylation is 1. The minimum Gasteiger partial charge on any atom is -0.313 e. The monoisotopic (exact) mass is 193 g/mol. The third kappa shape index (κ3) is 1.95. The minimum atomic E-state index is -0.850. The van der Waals surface area contributed by atoms with Crippen LogP contribution in [0.4, 0.5) is 4.39 Å². The average Bonchev–Trinajstić information content (AvgIpc) is 2.41. The van der Waals surface area contributed by atoms with Crippen LogP contribution in [0.3, 0.4) is 0 Å². The molecule has 1 atom stereocenters. The number of hydrogen-bond acceptors (Lipinski definition) is 1. The van der Waals surface area contributed by atoms with Crippen molar-refractivity contribution in [3.63, 3.8) is 0 Å². The molecule has 0 amide bonds. The van der Waals surface area contributed by atoms with E-state index in [2.05, 4.69) is 11.4 Å². The summed E-state index contributed by atoms with van der Waals surface area (Å²) in [7, 11) is 0. The van der Waals surface area contributed by atoms with Crippen molar-refractivity contribution in [3.05, 3.63) is 34.9 Å². The molecule has 1 heterocycles. The molecule has 1 N–H and O–H groups in total. The fraction of sp³-hybridized carbons (Fsp3) is 0.500. The van der Waals surface area contributed by atoms with Crippen molar-refractivity contribution in [2.75, 3.05) is 6.54 Å². The van der Waals surface area contributed by atoms with Gasteiger partial charge in [-0.05, 0) is 43.0 Å². The van der Waals surface area contributed by atoms with Gasteiger partial charge in [-0.3, -0.25) is 0 Å². The maximum Gasteiger partial charge on any atom is 0.122 e. The Hall–Kier alpha value is -0.890. The van der Waals surface area contributed by atoms with E-state index >= 15 is 0 Å². The van der Waals surface area contributed by atoms with Gasteiger partial charge in [-0.1, -0.05) is 18.2 Å². The normalized spacial score (nSPS) is 18.4. The lowest BCUT2D eigenvalue weighted by Crippen LogP contribution is -2.11. The predicted octanol–water partition coefficient (Wildman–Crippen LogP) is 2.75. The van der Waals surface area contributed by atoms with Gasteiger partial charge in [-0.15, -0.1) is 0 Å². The highest BCUT2D eigenvalue weighted by molar-refractivity contribution is 5.33. The first kappa shape index (κ1) is 9.66. The maximum absolute atomic E-state index is 13.1. The van der Waals surface area contributed by atoms with Crippen molar-refractivity contribution in [1.29, 1.82) is 0 Å². The number of hydrogen-bond donors (Lipinski definition) is 1. The van der Waals surface area contributed by atoms with E-state index in [9.17, 15) is 4.39 Å². The third-order valence-corrected chi connectivity index (χ3v) is 2.80. The second-order valence-corrected chi connectivity index (χ2v) is 3.92. The van der Waals surface area contributed by atoms with Gasteiger partial charge in [0.1, 0.15) is 6.17 Å². The lowest BCUT2D eigenvalue weighted by atomic mass is 9.99. The number of nitrogens with one attached hydrogen (secondary N) is 1. The maximum atomic E-state index is 13.1. The summed E-state index contributed by atoms with van der Waals surface area (Å²) in [6.45, 7) is 3.59. The standard InChI is InChI=1S/C12H16FN/c1-9(13)10-4-5-12-8-14-6-2-3-11(12)7-10/h4-5,7,9,14H,2-3,6,8H2,1H3. The van der Waals surface area contributed by atoms with E-state index in [-0.39, 0.29) is 0 Å². The zero-order valence-corrected chi connectivity index (χ0v) is 8.52. The van der Waals surface area contributed by atoms with Crippen LogP contribution >= 0.6 is 0 Å². The molecule has 0 aromatic heterocycles. The molecule has 0 saturated carbocycles. The van der Waals surface area contributed by atoms with Gasteiger partial charge in [0, 0.05) is 6.54 Å². The van der Waals surface area contributed by atoms with Crippen molar-refractivity contribution in [2.24, 2.45) is 0 Å². The van der Waals surface area contributed by atoms with Crippen LogP contribution in [0.5, 0.6) is 0 Å². The first-order valence-corrected chi connectivity index (χ1v) is 5.24. The van der Waals surface area contributed by atoms with Gasteiger partial charge in [0.15, 0.2) is 0 Å².